The minimum atomic E-state index is -3.39. The van der Waals surface area contributed by atoms with Gasteiger partial charge in [0.05, 0.1) is 10.6 Å². The third kappa shape index (κ3) is 3.55. The van der Waals surface area contributed by atoms with Crippen molar-refractivity contribution in [2.75, 3.05) is 13.1 Å². The van der Waals surface area contributed by atoms with Gasteiger partial charge < -0.3 is 4.57 Å². The fourth-order valence-electron chi connectivity index (χ4n) is 3.58. The van der Waals surface area contributed by atoms with Crippen LogP contribution in [0.3, 0.4) is 0 Å². The van der Waals surface area contributed by atoms with Crippen LogP contribution in [0.2, 0.25) is 0 Å². The lowest BCUT2D eigenvalue weighted by molar-refractivity contribution is 0.346. The zero-order chi connectivity index (χ0) is 18.9. The number of sulfonamides is 1. The summed E-state index contributed by atoms with van der Waals surface area (Å²) in [4.78, 5) is 4.87. The van der Waals surface area contributed by atoms with Crippen molar-refractivity contribution in [2.45, 2.75) is 24.2 Å². The van der Waals surface area contributed by atoms with E-state index < -0.39 is 10.0 Å². The summed E-state index contributed by atoms with van der Waals surface area (Å²) >= 11 is 0. The molecule has 1 saturated heterocycles. The Morgan fingerprint density at radius 2 is 1.67 bits per heavy atom. The topological polar surface area (TPSA) is 54.7 Å². The van der Waals surface area contributed by atoms with E-state index in [0.29, 0.717) is 18.0 Å². The number of hydrogen-bond acceptors (Lipinski definition) is 3. The SMILES string of the molecule is Cn1cc(C=Nc2ccc(S(=O)(=O)N3CCCCC3)cc2)c2ccccc21. The van der Waals surface area contributed by atoms with Crippen LogP contribution >= 0.6 is 0 Å². The summed E-state index contributed by atoms with van der Waals surface area (Å²) in [5.74, 6) is 0. The molecule has 0 saturated carbocycles. The number of nitrogens with zero attached hydrogens (tertiary/aromatic N) is 3. The quantitative estimate of drug-likeness (QED) is 0.639. The van der Waals surface area contributed by atoms with E-state index in [-0.39, 0.29) is 0 Å². The highest BCUT2D eigenvalue weighted by atomic mass is 32.2. The summed E-state index contributed by atoms with van der Waals surface area (Å²) in [7, 11) is -1.38. The first-order chi connectivity index (χ1) is 13.1. The molecule has 1 fully saturated rings. The van der Waals surface area contributed by atoms with E-state index in [4.69, 9.17) is 0 Å². The molecule has 0 amide bonds. The largest absolute Gasteiger partial charge is 0.350 e. The number of fused-ring (bicyclic) bond motifs is 1. The molecule has 3 aromatic rings. The maximum absolute atomic E-state index is 12.7. The van der Waals surface area contributed by atoms with Gasteiger partial charge in [0.2, 0.25) is 10.0 Å². The van der Waals surface area contributed by atoms with Crippen LogP contribution in [0.1, 0.15) is 24.8 Å². The Balaban J connectivity index is 1.56. The van der Waals surface area contributed by atoms with Gasteiger partial charge in [0.25, 0.3) is 0 Å². The van der Waals surface area contributed by atoms with E-state index in [1.54, 1.807) is 28.6 Å². The first kappa shape index (κ1) is 17.9. The predicted octanol–water partition coefficient (Wildman–Crippen LogP) is 4.10. The van der Waals surface area contributed by atoms with Gasteiger partial charge in [-0.3, -0.25) is 4.99 Å². The molecule has 140 valence electrons. The highest BCUT2D eigenvalue weighted by molar-refractivity contribution is 7.89. The van der Waals surface area contributed by atoms with Crippen molar-refractivity contribution in [1.29, 1.82) is 0 Å². The summed E-state index contributed by atoms with van der Waals surface area (Å²) in [6.07, 6.45) is 6.85. The molecule has 0 bridgehead atoms. The van der Waals surface area contributed by atoms with Crippen molar-refractivity contribution in [3.05, 3.63) is 60.3 Å². The minimum absolute atomic E-state index is 0.341. The number of aryl methyl sites for hydroxylation is 1. The standard InChI is InChI=1S/C21H23N3O2S/c1-23-16-17(20-7-3-4-8-21(20)23)15-22-18-9-11-19(12-10-18)27(25,26)24-13-5-2-6-14-24/h3-4,7-12,15-16H,2,5-6,13-14H2,1H3. The van der Waals surface area contributed by atoms with Crippen molar-refractivity contribution in [3.8, 4) is 0 Å². The third-order valence-corrected chi connectivity index (χ3v) is 6.98. The summed E-state index contributed by atoms with van der Waals surface area (Å²) in [5, 5.41) is 1.15. The first-order valence-corrected chi connectivity index (χ1v) is 10.7. The van der Waals surface area contributed by atoms with Crippen LogP contribution < -0.4 is 0 Å². The van der Waals surface area contributed by atoms with Crippen molar-refractivity contribution < 1.29 is 8.42 Å². The van der Waals surface area contributed by atoms with Gasteiger partial charge in [0.1, 0.15) is 0 Å². The van der Waals surface area contributed by atoms with Gasteiger partial charge >= 0.3 is 0 Å². The molecular formula is C21H23N3O2S. The predicted molar refractivity (Wildman–Crippen MR) is 109 cm³/mol. The first-order valence-electron chi connectivity index (χ1n) is 9.24. The van der Waals surface area contributed by atoms with E-state index >= 15 is 0 Å². The molecule has 27 heavy (non-hydrogen) atoms. The number of benzene rings is 2. The molecule has 0 N–H and O–H groups in total. The van der Waals surface area contributed by atoms with Crippen molar-refractivity contribution in [2.24, 2.45) is 12.0 Å². The third-order valence-electron chi connectivity index (χ3n) is 5.07. The zero-order valence-corrected chi connectivity index (χ0v) is 16.2. The number of para-hydroxylation sites is 1. The van der Waals surface area contributed by atoms with E-state index in [0.717, 1.165) is 41.4 Å². The summed E-state index contributed by atoms with van der Waals surface area (Å²) in [5.41, 5.74) is 2.93. The molecule has 6 heteroatoms. The van der Waals surface area contributed by atoms with Gasteiger partial charge in [-0.15, -0.1) is 0 Å². The average Bonchev–Trinajstić information content (AvgIpc) is 3.03. The lowest BCUT2D eigenvalue weighted by Gasteiger charge is -2.25. The van der Waals surface area contributed by atoms with Crippen molar-refractivity contribution in [1.82, 2.24) is 8.87 Å². The molecule has 5 nitrogen and oxygen atoms in total. The highest BCUT2D eigenvalue weighted by Gasteiger charge is 2.25. The van der Waals surface area contributed by atoms with Crippen LogP contribution in [-0.2, 0) is 17.1 Å². The molecule has 1 aliphatic rings. The second-order valence-electron chi connectivity index (χ2n) is 6.93. The Morgan fingerprint density at radius 1 is 0.963 bits per heavy atom. The lowest BCUT2D eigenvalue weighted by atomic mass is 10.2. The number of aromatic nitrogens is 1. The van der Waals surface area contributed by atoms with Crippen LogP contribution in [-0.4, -0.2) is 36.6 Å². The molecule has 0 spiro atoms. The van der Waals surface area contributed by atoms with Gasteiger partial charge in [0.15, 0.2) is 0 Å². The molecule has 4 rings (SSSR count). The molecule has 0 radical (unpaired) electrons. The van der Waals surface area contributed by atoms with E-state index in [1.807, 2.05) is 31.6 Å². The Kier molecular flexibility index (Phi) is 4.85. The Labute approximate surface area is 160 Å². The zero-order valence-electron chi connectivity index (χ0n) is 15.4. The van der Waals surface area contributed by atoms with Gasteiger partial charge in [-0.05, 0) is 43.2 Å². The minimum Gasteiger partial charge on any atom is -0.350 e. The van der Waals surface area contributed by atoms with Crippen LogP contribution in [0, 0.1) is 0 Å². The van der Waals surface area contributed by atoms with E-state index in [2.05, 4.69) is 21.7 Å². The Bertz CT molecular complexity index is 1080. The molecule has 1 aromatic heterocycles. The molecular weight excluding hydrogens is 358 g/mol. The fraction of sp³-hybridized carbons (Fsp3) is 0.286. The second-order valence-corrected chi connectivity index (χ2v) is 8.87. The van der Waals surface area contributed by atoms with Gasteiger partial charge in [0, 0.05) is 49.0 Å². The summed E-state index contributed by atoms with van der Waals surface area (Å²) < 4.78 is 29.1. The highest BCUT2D eigenvalue weighted by Crippen LogP contribution is 2.24. The molecule has 1 aliphatic heterocycles. The number of hydrogen-bond donors (Lipinski definition) is 0. The van der Waals surface area contributed by atoms with E-state index in [9.17, 15) is 8.42 Å². The smallest absolute Gasteiger partial charge is 0.243 e. The molecule has 0 atom stereocenters. The Hall–Kier alpha value is -2.44. The van der Waals surface area contributed by atoms with Crippen LogP contribution in [0.15, 0.2) is 64.6 Å². The molecule has 2 heterocycles. The summed E-state index contributed by atoms with van der Waals surface area (Å²) in [6, 6.07) is 15.0. The number of aliphatic imine (C=N–C) groups is 1. The van der Waals surface area contributed by atoms with Crippen molar-refractivity contribution in [3.63, 3.8) is 0 Å². The van der Waals surface area contributed by atoms with Crippen molar-refractivity contribution >= 4 is 32.8 Å². The maximum Gasteiger partial charge on any atom is 0.243 e. The molecule has 2 aromatic carbocycles. The molecule has 0 unspecified atom stereocenters. The van der Waals surface area contributed by atoms with Crippen LogP contribution in [0.25, 0.3) is 10.9 Å². The van der Waals surface area contributed by atoms with Gasteiger partial charge in [-0.2, -0.15) is 4.31 Å². The van der Waals surface area contributed by atoms with Crippen LogP contribution in [0.5, 0.6) is 0 Å². The fourth-order valence-corrected chi connectivity index (χ4v) is 5.10. The number of rotatable bonds is 4. The van der Waals surface area contributed by atoms with Gasteiger partial charge in [-0.1, -0.05) is 24.6 Å². The van der Waals surface area contributed by atoms with Crippen LogP contribution in [0.4, 0.5) is 5.69 Å². The average molecular weight is 382 g/mol. The normalized spacial score (nSPS) is 16.3. The number of piperidine rings is 1. The second kappa shape index (κ2) is 7.29. The Morgan fingerprint density at radius 3 is 2.41 bits per heavy atom. The maximum atomic E-state index is 12.7. The molecule has 0 aliphatic carbocycles. The van der Waals surface area contributed by atoms with E-state index in [1.165, 1.54) is 0 Å². The van der Waals surface area contributed by atoms with Gasteiger partial charge in [-0.25, -0.2) is 8.42 Å². The lowest BCUT2D eigenvalue weighted by Crippen LogP contribution is -2.35. The summed E-state index contributed by atoms with van der Waals surface area (Å²) in [6.45, 7) is 1.23. The monoisotopic (exact) mass is 381 g/mol.